The molecule has 0 saturated carbocycles. The Bertz CT molecular complexity index is 1230. The second kappa shape index (κ2) is 9.60. The molecule has 0 spiro atoms. The Morgan fingerprint density at radius 2 is 1.51 bits per heavy atom. The molecule has 3 N–H and O–H groups in total. The summed E-state index contributed by atoms with van der Waals surface area (Å²) >= 11 is 0. The van der Waals surface area contributed by atoms with E-state index in [-0.39, 0.29) is 37.2 Å². The van der Waals surface area contributed by atoms with Gasteiger partial charge in [0.15, 0.2) is 0 Å². The number of nitrogens with one attached hydrogen (secondary N) is 2. The van der Waals surface area contributed by atoms with Gasteiger partial charge in [0.2, 0.25) is 5.91 Å². The molecule has 1 aliphatic heterocycles. The summed E-state index contributed by atoms with van der Waals surface area (Å²) in [6.07, 6.45) is -0.606. The molecule has 178 valence electrons. The number of hydrogen-bond acceptors (Lipinski definition) is 5. The highest BCUT2D eigenvalue weighted by Gasteiger charge is 2.36. The summed E-state index contributed by atoms with van der Waals surface area (Å²) in [5.74, 6) is -2.02. The number of benzene rings is 3. The molecule has 3 aromatic rings. The van der Waals surface area contributed by atoms with Crippen LogP contribution in [0.25, 0.3) is 11.1 Å². The molecule has 8 nitrogen and oxygen atoms in total. The lowest BCUT2D eigenvalue weighted by Crippen LogP contribution is -2.44. The Labute approximate surface area is 201 Å². The van der Waals surface area contributed by atoms with Crippen LogP contribution in [0.1, 0.15) is 27.4 Å². The fourth-order valence-electron chi connectivity index (χ4n) is 4.68. The van der Waals surface area contributed by atoms with Crippen molar-refractivity contribution in [3.05, 3.63) is 89.5 Å². The highest BCUT2D eigenvalue weighted by Crippen LogP contribution is 2.44. The standard InChI is InChI=1S/C27H24N2O6/c30-25(28-17-11-9-16(10-12-17)26(31)32)23-13-34-15-24(23)29-27(33)35-14-22-20-7-3-1-5-18(20)19-6-2-4-8-21(19)22/h1-12,22-24H,13-15H2,(H,28,30)(H,29,33)(H,31,32). The third-order valence-electron chi connectivity index (χ3n) is 6.46. The fraction of sp³-hybridized carbons (Fsp3) is 0.222. The van der Waals surface area contributed by atoms with Crippen molar-refractivity contribution in [2.24, 2.45) is 5.92 Å². The highest BCUT2D eigenvalue weighted by atomic mass is 16.5. The van der Waals surface area contributed by atoms with Gasteiger partial charge in [0.05, 0.1) is 30.7 Å². The summed E-state index contributed by atoms with van der Waals surface area (Å²) in [5.41, 5.74) is 5.13. The average molecular weight is 472 g/mol. The van der Waals surface area contributed by atoms with E-state index in [1.165, 1.54) is 24.3 Å². The smallest absolute Gasteiger partial charge is 0.407 e. The van der Waals surface area contributed by atoms with E-state index in [0.29, 0.717) is 5.69 Å². The molecule has 2 unspecified atom stereocenters. The molecule has 1 fully saturated rings. The minimum Gasteiger partial charge on any atom is -0.478 e. The molecule has 8 heteroatoms. The highest BCUT2D eigenvalue weighted by molar-refractivity contribution is 5.94. The number of ether oxygens (including phenoxy) is 2. The molecule has 0 radical (unpaired) electrons. The summed E-state index contributed by atoms with van der Waals surface area (Å²) in [4.78, 5) is 36.4. The van der Waals surface area contributed by atoms with Crippen molar-refractivity contribution in [3.63, 3.8) is 0 Å². The maximum absolute atomic E-state index is 12.8. The van der Waals surface area contributed by atoms with E-state index in [2.05, 4.69) is 34.9 Å². The van der Waals surface area contributed by atoms with Gasteiger partial charge in [-0.3, -0.25) is 4.79 Å². The SMILES string of the molecule is O=C(NC1COCC1C(=O)Nc1ccc(C(=O)O)cc1)OCC1c2ccccc2-c2ccccc21. The molecular weight excluding hydrogens is 448 g/mol. The van der Waals surface area contributed by atoms with E-state index < -0.39 is 24.0 Å². The van der Waals surface area contributed by atoms with Crippen molar-refractivity contribution in [2.45, 2.75) is 12.0 Å². The van der Waals surface area contributed by atoms with E-state index >= 15 is 0 Å². The molecule has 1 heterocycles. The van der Waals surface area contributed by atoms with Gasteiger partial charge >= 0.3 is 12.1 Å². The molecule has 1 saturated heterocycles. The Kier molecular flexibility index (Phi) is 6.20. The minimum absolute atomic E-state index is 0.0548. The van der Waals surface area contributed by atoms with Crippen molar-refractivity contribution >= 4 is 23.7 Å². The van der Waals surface area contributed by atoms with Gasteiger partial charge in [-0.15, -0.1) is 0 Å². The zero-order valence-electron chi connectivity index (χ0n) is 18.8. The lowest BCUT2D eigenvalue weighted by atomic mass is 9.98. The molecule has 0 aromatic heterocycles. The van der Waals surface area contributed by atoms with Gasteiger partial charge in [-0.25, -0.2) is 9.59 Å². The Morgan fingerprint density at radius 3 is 2.14 bits per heavy atom. The molecule has 1 aliphatic carbocycles. The first-order valence-electron chi connectivity index (χ1n) is 11.3. The second-order valence-electron chi connectivity index (χ2n) is 8.59. The summed E-state index contributed by atoms with van der Waals surface area (Å²) in [6, 6.07) is 21.5. The lowest BCUT2D eigenvalue weighted by molar-refractivity contribution is -0.120. The number of alkyl carbamates (subject to hydrolysis) is 1. The van der Waals surface area contributed by atoms with E-state index in [1.807, 2.05) is 24.3 Å². The third-order valence-corrected chi connectivity index (χ3v) is 6.46. The van der Waals surface area contributed by atoms with Gasteiger partial charge in [-0.2, -0.15) is 0 Å². The number of anilines is 1. The largest absolute Gasteiger partial charge is 0.478 e. The van der Waals surface area contributed by atoms with Crippen LogP contribution in [0.4, 0.5) is 10.5 Å². The topological polar surface area (TPSA) is 114 Å². The summed E-state index contributed by atoms with van der Waals surface area (Å²) < 4.78 is 11.0. The van der Waals surface area contributed by atoms with Crippen LogP contribution >= 0.6 is 0 Å². The number of aromatic carboxylic acids is 1. The van der Waals surface area contributed by atoms with Crippen LogP contribution in [-0.4, -0.2) is 48.9 Å². The fourth-order valence-corrected chi connectivity index (χ4v) is 4.68. The monoisotopic (exact) mass is 472 g/mol. The van der Waals surface area contributed by atoms with Gasteiger partial charge in [0.1, 0.15) is 6.61 Å². The van der Waals surface area contributed by atoms with Crippen molar-refractivity contribution in [2.75, 3.05) is 25.1 Å². The number of rotatable bonds is 6. The number of fused-ring (bicyclic) bond motifs is 3. The number of carbonyl (C=O) groups is 3. The first-order valence-corrected chi connectivity index (χ1v) is 11.3. The predicted molar refractivity (Wildman–Crippen MR) is 128 cm³/mol. The minimum atomic E-state index is -1.04. The van der Waals surface area contributed by atoms with Crippen molar-refractivity contribution in [3.8, 4) is 11.1 Å². The Hall–Kier alpha value is -4.17. The maximum Gasteiger partial charge on any atom is 0.407 e. The quantitative estimate of drug-likeness (QED) is 0.502. The van der Waals surface area contributed by atoms with Crippen molar-refractivity contribution < 1.29 is 29.0 Å². The molecule has 2 atom stereocenters. The second-order valence-corrected chi connectivity index (χ2v) is 8.59. The summed E-state index contributed by atoms with van der Waals surface area (Å²) in [6.45, 7) is 0.536. The van der Waals surface area contributed by atoms with Crippen LogP contribution in [0.5, 0.6) is 0 Å². The molecule has 2 amide bonds. The summed E-state index contributed by atoms with van der Waals surface area (Å²) in [5, 5.41) is 14.5. The molecule has 2 aliphatic rings. The van der Waals surface area contributed by atoms with E-state index in [4.69, 9.17) is 14.6 Å². The first kappa shape index (κ1) is 22.6. The van der Waals surface area contributed by atoms with E-state index in [9.17, 15) is 14.4 Å². The van der Waals surface area contributed by atoms with Crippen LogP contribution in [0.2, 0.25) is 0 Å². The van der Waals surface area contributed by atoms with Crippen molar-refractivity contribution in [1.29, 1.82) is 0 Å². The number of carboxylic acid groups (broad SMARTS) is 1. The number of hydrogen-bond donors (Lipinski definition) is 3. The van der Waals surface area contributed by atoms with Crippen LogP contribution in [-0.2, 0) is 14.3 Å². The number of carbonyl (C=O) groups excluding carboxylic acids is 2. The van der Waals surface area contributed by atoms with Gasteiger partial charge in [0, 0.05) is 11.6 Å². The Balaban J connectivity index is 1.19. The van der Waals surface area contributed by atoms with Crippen LogP contribution in [0.15, 0.2) is 72.8 Å². The summed E-state index contributed by atoms with van der Waals surface area (Å²) in [7, 11) is 0. The normalized spacial score (nSPS) is 18.4. The van der Waals surface area contributed by atoms with Gasteiger partial charge in [-0.1, -0.05) is 48.5 Å². The van der Waals surface area contributed by atoms with Gasteiger partial charge in [0.25, 0.3) is 0 Å². The Morgan fingerprint density at radius 1 is 0.886 bits per heavy atom. The third kappa shape index (κ3) is 4.61. The van der Waals surface area contributed by atoms with Crippen molar-refractivity contribution in [1.82, 2.24) is 5.32 Å². The zero-order chi connectivity index (χ0) is 24.4. The molecule has 35 heavy (non-hydrogen) atoms. The first-order chi connectivity index (χ1) is 17.0. The average Bonchev–Trinajstić information content (AvgIpc) is 3.45. The van der Waals surface area contributed by atoms with Crippen LogP contribution in [0.3, 0.4) is 0 Å². The molecule has 3 aromatic carbocycles. The van der Waals surface area contributed by atoms with Crippen LogP contribution < -0.4 is 10.6 Å². The zero-order valence-corrected chi connectivity index (χ0v) is 18.8. The van der Waals surface area contributed by atoms with E-state index in [0.717, 1.165) is 22.3 Å². The molecule has 5 rings (SSSR count). The van der Waals surface area contributed by atoms with Gasteiger partial charge < -0.3 is 25.2 Å². The number of amides is 2. The van der Waals surface area contributed by atoms with Crippen LogP contribution in [0, 0.1) is 5.92 Å². The molecule has 0 bridgehead atoms. The lowest BCUT2D eigenvalue weighted by Gasteiger charge is -2.20. The van der Waals surface area contributed by atoms with E-state index in [1.54, 1.807) is 0 Å². The molecular formula is C27H24N2O6. The predicted octanol–water partition coefficient (Wildman–Crippen LogP) is 3.88. The van der Waals surface area contributed by atoms with Gasteiger partial charge in [-0.05, 0) is 46.5 Å². The maximum atomic E-state index is 12.8. The number of carboxylic acids is 1.